The van der Waals surface area contributed by atoms with E-state index < -0.39 is 0 Å². The minimum absolute atomic E-state index is 0.0117. The summed E-state index contributed by atoms with van der Waals surface area (Å²) in [5.74, 6) is 0.175. The van der Waals surface area contributed by atoms with Gasteiger partial charge in [0.15, 0.2) is 0 Å². The second-order valence-electron chi connectivity index (χ2n) is 3.53. The Balaban J connectivity index is 2.34. The van der Waals surface area contributed by atoms with Crippen molar-refractivity contribution in [1.82, 2.24) is 4.90 Å². The molecule has 1 saturated heterocycles. The number of likely N-dealkylation sites (tertiary alicyclic amines) is 1. The molecule has 4 heteroatoms. The molecule has 0 saturated carbocycles. The van der Waals surface area contributed by atoms with Crippen LogP contribution >= 0.6 is 0 Å². The molecule has 1 heterocycles. The number of aldehydes is 1. The standard InChI is InChI=1S/C9H17NO3/c11-5-8-1-3-10(4-2-8)9(6-12)7-13/h5,8-9,12-13H,1-4,6-7H2. The summed E-state index contributed by atoms with van der Waals surface area (Å²) in [7, 11) is 0. The van der Waals surface area contributed by atoms with Gasteiger partial charge in [0, 0.05) is 5.92 Å². The Kier molecular flexibility index (Phi) is 4.35. The summed E-state index contributed by atoms with van der Waals surface area (Å²) in [5, 5.41) is 17.9. The SMILES string of the molecule is O=CC1CCN(C(CO)CO)CC1. The van der Waals surface area contributed by atoms with Gasteiger partial charge in [-0.15, -0.1) is 0 Å². The molecule has 1 aliphatic heterocycles. The summed E-state index contributed by atoms with van der Waals surface area (Å²) < 4.78 is 0. The van der Waals surface area contributed by atoms with E-state index in [1.807, 2.05) is 4.90 Å². The molecule has 0 spiro atoms. The first-order valence-electron chi connectivity index (χ1n) is 4.73. The molecule has 1 aliphatic rings. The largest absolute Gasteiger partial charge is 0.395 e. The van der Waals surface area contributed by atoms with E-state index in [2.05, 4.69) is 0 Å². The monoisotopic (exact) mass is 187 g/mol. The quantitative estimate of drug-likeness (QED) is 0.569. The van der Waals surface area contributed by atoms with Gasteiger partial charge in [-0.05, 0) is 25.9 Å². The van der Waals surface area contributed by atoms with E-state index in [4.69, 9.17) is 10.2 Å². The Labute approximate surface area is 78.2 Å². The minimum atomic E-state index is -0.146. The Bertz CT molecular complexity index is 151. The van der Waals surface area contributed by atoms with Crippen LogP contribution in [0.1, 0.15) is 12.8 Å². The number of aliphatic hydroxyl groups excluding tert-OH is 2. The fraction of sp³-hybridized carbons (Fsp3) is 0.889. The molecule has 1 rings (SSSR count). The molecule has 0 aliphatic carbocycles. The van der Waals surface area contributed by atoms with Crippen LogP contribution in [-0.4, -0.2) is 53.7 Å². The highest BCUT2D eigenvalue weighted by molar-refractivity contribution is 5.53. The average molecular weight is 187 g/mol. The highest BCUT2D eigenvalue weighted by Crippen LogP contribution is 2.16. The van der Waals surface area contributed by atoms with E-state index >= 15 is 0 Å². The predicted octanol–water partition coefficient (Wildman–Crippen LogP) is -0.750. The van der Waals surface area contributed by atoms with Gasteiger partial charge in [-0.25, -0.2) is 0 Å². The van der Waals surface area contributed by atoms with Gasteiger partial charge < -0.3 is 15.0 Å². The third-order valence-corrected chi connectivity index (χ3v) is 2.70. The van der Waals surface area contributed by atoms with Crippen molar-refractivity contribution < 1.29 is 15.0 Å². The molecule has 0 radical (unpaired) electrons. The lowest BCUT2D eigenvalue weighted by atomic mass is 9.97. The number of hydrogen-bond acceptors (Lipinski definition) is 4. The van der Waals surface area contributed by atoms with Gasteiger partial charge in [-0.2, -0.15) is 0 Å². The van der Waals surface area contributed by atoms with Crippen molar-refractivity contribution in [2.75, 3.05) is 26.3 Å². The van der Waals surface area contributed by atoms with Crippen LogP contribution in [0.5, 0.6) is 0 Å². The maximum atomic E-state index is 10.5. The molecule has 13 heavy (non-hydrogen) atoms. The smallest absolute Gasteiger partial charge is 0.123 e. The van der Waals surface area contributed by atoms with Gasteiger partial charge in [-0.3, -0.25) is 4.90 Å². The highest BCUT2D eigenvalue weighted by atomic mass is 16.3. The Morgan fingerprint density at radius 1 is 1.31 bits per heavy atom. The zero-order chi connectivity index (χ0) is 9.68. The molecule has 1 fully saturated rings. The van der Waals surface area contributed by atoms with E-state index in [1.165, 1.54) is 0 Å². The Morgan fingerprint density at radius 2 is 1.85 bits per heavy atom. The summed E-state index contributed by atoms with van der Waals surface area (Å²) >= 11 is 0. The lowest BCUT2D eigenvalue weighted by molar-refractivity contribution is -0.112. The topological polar surface area (TPSA) is 60.8 Å². The summed E-state index contributed by atoms with van der Waals surface area (Å²) in [5.41, 5.74) is 0. The first-order valence-corrected chi connectivity index (χ1v) is 4.73. The molecule has 0 atom stereocenters. The molecular weight excluding hydrogens is 170 g/mol. The fourth-order valence-electron chi connectivity index (χ4n) is 1.71. The molecule has 0 aromatic carbocycles. The summed E-state index contributed by atoms with van der Waals surface area (Å²) in [6.07, 6.45) is 2.70. The van der Waals surface area contributed by atoms with Crippen LogP contribution < -0.4 is 0 Å². The van der Waals surface area contributed by atoms with Crippen molar-refractivity contribution in [2.45, 2.75) is 18.9 Å². The van der Waals surface area contributed by atoms with Gasteiger partial charge in [0.2, 0.25) is 0 Å². The maximum Gasteiger partial charge on any atom is 0.123 e. The summed E-state index contributed by atoms with van der Waals surface area (Å²) in [4.78, 5) is 12.5. The lowest BCUT2D eigenvalue weighted by Gasteiger charge is -2.34. The summed E-state index contributed by atoms with van der Waals surface area (Å²) in [6.45, 7) is 1.58. The molecule has 0 aromatic rings. The molecule has 2 N–H and O–H groups in total. The highest BCUT2D eigenvalue weighted by Gasteiger charge is 2.23. The van der Waals surface area contributed by atoms with Crippen molar-refractivity contribution in [2.24, 2.45) is 5.92 Å². The van der Waals surface area contributed by atoms with Crippen LogP contribution in [0, 0.1) is 5.92 Å². The first-order chi connectivity index (χ1) is 6.31. The number of rotatable bonds is 4. The van der Waals surface area contributed by atoms with Crippen molar-refractivity contribution in [3.8, 4) is 0 Å². The summed E-state index contributed by atoms with van der Waals surface area (Å²) in [6, 6.07) is -0.146. The number of carbonyl (C=O) groups excluding carboxylic acids is 1. The first kappa shape index (κ1) is 10.6. The molecule has 4 nitrogen and oxygen atoms in total. The molecule has 0 unspecified atom stereocenters. The number of carbonyl (C=O) groups is 1. The second-order valence-corrected chi connectivity index (χ2v) is 3.53. The minimum Gasteiger partial charge on any atom is -0.395 e. The van der Waals surface area contributed by atoms with E-state index in [0.29, 0.717) is 0 Å². The van der Waals surface area contributed by atoms with Crippen LogP contribution in [0.4, 0.5) is 0 Å². The van der Waals surface area contributed by atoms with Crippen LogP contribution in [0.15, 0.2) is 0 Å². The number of aliphatic hydroxyl groups is 2. The van der Waals surface area contributed by atoms with E-state index in [1.54, 1.807) is 0 Å². The fourth-order valence-corrected chi connectivity index (χ4v) is 1.71. The van der Waals surface area contributed by atoms with Gasteiger partial charge in [0.1, 0.15) is 6.29 Å². The van der Waals surface area contributed by atoms with Crippen LogP contribution in [0.2, 0.25) is 0 Å². The normalized spacial score (nSPS) is 20.8. The average Bonchev–Trinajstić information content (AvgIpc) is 2.21. The number of hydrogen-bond donors (Lipinski definition) is 2. The van der Waals surface area contributed by atoms with Crippen molar-refractivity contribution >= 4 is 6.29 Å². The molecular formula is C9H17NO3. The van der Waals surface area contributed by atoms with E-state index in [0.717, 1.165) is 32.2 Å². The van der Waals surface area contributed by atoms with E-state index in [-0.39, 0.29) is 25.2 Å². The molecule has 0 bridgehead atoms. The van der Waals surface area contributed by atoms with E-state index in [9.17, 15) is 4.79 Å². The number of piperidine rings is 1. The maximum absolute atomic E-state index is 10.5. The van der Waals surface area contributed by atoms with Crippen LogP contribution in [0.25, 0.3) is 0 Å². The van der Waals surface area contributed by atoms with Crippen LogP contribution in [-0.2, 0) is 4.79 Å². The van der Waals surface area contributed by atoms with Crippen molar-refractivity contribution in [1.29, 1.82) is 0 Å². The molecule has 0 amide bonds. The third-order valence-electron chi connectivity index (χ3n) is 2.70. The van der Waals surface area contributed by atoms with Gasteiger partial charge in [0.05, 0.1) is 19.3 Å². The third kappa shape index (κ3) is 2.76. The number of nitrogens with zero attached hydrogens (tertiary/aromatic N) is 1. The zero-order valence-electron chi connectivity index (χ0n) is 7.72. The Hall–Kier alpha value is -0.450. The Morgan fingerprint density at radius 3 is 2.23 bits per heavy atom. The van der Waals surface area contributed by atoms with Gasteiger partial charge >= 0.3 is 0 Å². The van der Waals surface area contributed by atoms with Crippen molar-refractivity contribution in [3.05, 3.63) is 0 Å². The van der Waals surface area contributed by atoms with Crippen LogP contribution in [0.3, 0.4) is 0 Å². The second kappa shape index (κ2) is 5.32. The lowest BCUT2D eigenvalue weighted by Crippen LogP contribution is -2.45. The van der Waals surface area contributed by atoms with Gasteiger partial charge in [0.25, 0.3) is 0 Å². The van der Waals surface area contributed by atoms with Crippen molar-refractivity contribution in [3.63, 3.8) is 0 Å². The predicted molar refractivity (Wildman–Crippen MR) is 48.3 cm³/mol. The molecule has 76 valence electrons. The zero-order valence-corrected chi connectivity index (χ0v) is 7.72. The van der Waals surface area contributed by atoms with Gasteiger partial charge in [-0.1, -0.05) is 0 Å². The molecule has 0 aromatic heterocycles.